The first-order chi connectivity index (χ1) is 2.77. The fourth-order valence-corrected chi connectivity index (χ4v) is 0.0926. The van der Waals surface area contributed by atoms with Gasteiger partial charge in [-0.2, -0.15) is 5.26 Å². The highest BCUT2D eigenvalue weighted by Gasteiger charge is 1.78. The quantitative estimate of drug-likeness (QED) is 0.429. The zero-order valence-electron chi connectivity index (χ0n) is 2.56. The van der Waals surface area contributed by atoms with Gasteiger partial charge in [-0.15, -0.1) is 7.77 Å². The third-order valence-electron chi connectivity index (χ3n) is 0.110. The Morgan fingerprint density at radius 1 is 1.67 bits per heavy atom. The Morgan fingerprint density at radius 2 is 2.17 bits per heavy atom. The molecule has 0 aliphatic rings. The molecule has 34 valence electrons. The fraction of sp³-hybridized carbons (Fsp3) is 0. The van der Waals surface area contributed by atoms with Gasteiger partial charge < -0.3 is 0 Å². The van der Waals surface area contributed by atoms with Crippen molar-refractivity contribution in [3.8, 4) is 6.19 Å². The Hall–Kier alpha value is -0.500. The van der Waals surface area contributed by atoms with Crippen molar-refractivity contribution in [1.82, 2.24) is 0 Å². The van der Waals surface area contributed by atoms with Crippen molar-refractivity contribution >= 4 is 11.5 Å². The lowest BCUT2D eigenvalue weighted by Gasteiger charge is -1.61. The molecule has 5 heteroatoms. The minimum absolute atomic E-state index is 0.954. The average molecular weight is 110 g/mol. The maximum absolute atomic E-state index is 10.7. The molecule has 0 unspecified atom stereocenters. The zero-order valence-corrected chi connectivity index (χ0v) is 3.38. The van der Waals surface area contributed by atoms with Crippen LogP contribution in [0.5, 0.6) is 0 Å². The van der Waals surface area contributed by atoms with Crippen molar-refractivity contribution in [1.29, 1.82) is 5.26 Å². The van der Waals surface area contributed by atoms with E-state index in [9.17, 15) is 7.77 Å². The van der Waals surface area contributed by atoms with Gasteiger partial charge in [0.15, 0.2) is 0 Å². The highest BCUT2D eigenvalue weighted by Crippen LogP contribution is 1.86. The van der Waals surface area contributed by atoms with Gasteiger partial charge in [-0.1, -0.05) is 4.36 Å². The molecule has 0 spiro atoms. The monoisotopic (exact) mass is 110 g/mol. The summed E-state index contributed by atoms with van der Waals surface area (Å²) < 4.78 is 23.5. The normalized spacial score (nSPS) is 7.67. The molecule has 0 saturated carbocycles. The smallest absolute Gasteiger partial charge is 0.170 e. The van der Waals surface area contributed by atoms with E-state index in [1.54, 1.807) is 0 Å². The zero-order chi connectivity index (χ0) is 4.99. The minimum atomic E-state index is -3.05. The van der Waals surface area contributed by atoms with Crippen molar-refractivity contribution in [3.63, 3.8) is 0 Å². The van der Waals surface area contributed by atoms with Gasteiger partial charge in [-0.25, -0.2) is 0 Å². The van der Waals surface area contributed by atoms with Crippen LogP contribution in [0.3, 0.4) is 0 Å². The molecule has 0 aliphatic carbocycles. The Morgan fingerprint density at radius 3 is 2.17 bits per heavy atom. The number of rotatable bonds is 0. The van der Waals surface area contributed by atoms with Crippen LogP contribution in [0.1, 0.15) is 0 Å². The van der Waals surface area contributed by atoms with Crippen LogP contribution in [0.4, 0.5) is 7.77 Å². The van der Waals surface area contributed by atoms with Gasteiger partial charge in [0.1, 0.15) is 0 Å². The van der Waals surface area contributed by atoms with Crippen molar-refractivity contribution in [3.05, 3.63) is 0 Å². The van der Waals surface area contributed by atoms with Gasteiger partial charge in [-0.05, 0) is 0 Å². The third kappa shape index (κ3) is 3.50. The molecule has 2 nitrogen and oxygen atoms in total. The van der Waals surface area contributed by atoms with Crippen molar-refractivity contribution in [2.45, 2.75) is 0 Å². The summed E-state index contributed by atoms with van der Waals surface area (Å²) in [5.74, 6) is 0. The van der Waals surface area contributed by atoms with Crippen molar-refractivity contribution in [2.75, 3.05) is 0 Å². The summed E-state index contributed by atoms with van der Waals surface area (Å²) in [5, 5.41) is 7.35. The number of hydrogen-bond acceptors (Lipinski definition) is 2. The van der Waals surface area contributed by atoms with E-state index in [0.717, 1.165) is 6.19 Å². The minimum Gasteiger partial charge on any atom is -0.170 e. The average Bonchev–Trinajstić information content (AvgIpc) is 1.35. The van der Waals surface area contributed by atoms with E-state index >= 15 is 0 Å². The van der Waals surface area contributed by atoms with Gasteiger partial charge in [0, 0.05) is 0 Å². The Balaban J connectivity index is 3.51. The van der Waals surface area contributed by atoms with E-state index in [0.29, 0.717) is 0 Å². The van der Waals surface area contributed by atoms with E-state index < -0.39 is 11.5 Å². The first-order valence-electron chi connectivity index (χ1n) is 0.938. The van der Waals surface area contributed by atoms with Crippen LogP contribution in [0.15, 0.2) is 4.36 Å². The Bertz CT molecular complexity index is 98.6. The SMILES string of the molecule is N#CN=S(F)F. The lowest BCUT2D eigenvalue weighted by Crippen LogP contribution is -1.54. The van der Waals surface area contributed by atoms with Gasteiger partial charge in [0.2, 0.25) is 6.19 Å². The van der Waals surface area contributed by atoms with Crippen LogP contribution >= 0.6 is 0 Å². The van der Waals surface area contributed by atoms with Crippen LogP contribution in [-0.4, -0.2) is 0 Å². The Kier molecular flexibility index (Phi) is 2.50. The van der Waals surface area contributed by atoms with Crippen LogP contribution in [0, 0.1) is 11.5 Å². The summed E-state index contributed by atoms with van der Waals surface area (Å²) in [6.45, 7) is 0. The predicted molar refractivity (Wildman–Crippen MR) is 17.6 cm³/mol. The molecular formula is CF2N2S. The summed E-state index contributed by atoms with van der Waals surface area (Å²) in [6.07, 6.45) is 0.954. The number of nitrogens with zero attached hydrogens (tertiary/aromatic N) is 2. The second-order valence-electron chi connectivity index (χ2n) is 0.388. The lowest BCUT2D eigenvalue weighted by molar-refractivity contribution is 0.786. The van der Waals surface area contributed by atoms with Gasteiger partial charge in [0.25, 0.3) is 11.5 Å². The molecule has 0 N–H and O–H groups in total. The fourth-order valence-electron chi connectivity index (χ4n) is 0.0309. The molecule has 0 aromatic rings. The lowest BCUT2D eigenvalue weighted by atomic mass is 11.5. The maximum Gasteiger partial charge on any atom is 0.276 e. The summed E-state index contributed by atoms with van der Waals surface area (Å²) in [7, 11) is 0. The van der Waals surface area contributed by atoms with Crippen molar-refractivity contribution < 1.29 is 7.77 Å². The Labute approximate surface area is 36.1 Å². The first kappa shape index (κ1) is 5.50. The molecule has 0 radical (unpaired) electrons. The second kappa shape index (κ2) is 2.72. The number of hydrogen-bond donors (Lipinski definition) is 0. The molecule has 0 atom stereocenters. The molecule has 0 heterocycles. The van der Waals surface area contributed by atoms with E-state index in [-0.39, 0.29) is 0 Å². The number of nitriles is 1. The van der Waals surface area contributed by atoms with Gasteiger partial charge >= 0.3 is 0 Å². The van der Waals surface area contributed by atoms with E-state index in [1.165, 1.54) is 0 Å². The summed E-state index contributed by atoms with van der Waals surface area (Å²) in [5.41, 5.74) is 0. The number of halogens is 2. The topological polar surface area (TPSA) is 36.1 Å². The molecule has 0 amide bonds. The molecule has 6 heavy (non-hydrogen) atoms. The van der Waals surface area contributed by atoms with E-state index in [4.69, 9.17) is 5.26 Å². The van der Waals surface area contributed by atoms with Gasteiger partial charge in [-0.3, -0.25) is 0 Å². The van der Waals surface area contributed by atoms with Crippen LogP contribution in [0.2, 0.25) is 0 Å². The van der Waals surface area contributed by atoms with Crippen LogP contribution in [0.25, 0.3) is 0 Å². The van der Waals surface area contributed by atoms with Crippen molar-refractivity contribution in [2.24, 2.45) is 4.36 Å². The maximum atomic E-state index is 10.7. The molecule has 0 aliphatic heterocycles. The van der Waals surface area contributed by atoms with Crippen LogP contribution < -0.4 is 0 Å². The van der Waals surface area contributed by atoms with Crippen LogP contribution in [-0.2, 0) is 11.5 Å². The molecule has 0 aromatic heterocycles. The van der Waals surface area contributed by atoms with Gasteiger partial charge in [0.05, 0.1) is 0 Å². The largest absolute Gasteiger partial charge is 0.276 e. The third-order valence-corrected chi connectivity index (χ3v) is 0.329. The molecule has 0 rings (SSSR count). The highest BCUT2D eigenvalue weighted by molar-refractivity contribution is 7.76. The standard InChI is InChI=1S/CF2N2S/c2-6(3)5-1-4. The summed E-state index contributed by atoms with van der Waals surface area (Å²) >= 11 is -3.05. The molecule has 0 aromatic carbocycles. The van der Waals surface area contributed by atoms with E-state index in [1.807, 2.05) is 0 Å². The summed E-state index contributed by atoms with van der Waals surface area (Å²) in [6, 6.07) is 0. The predicted octanol–water partition coefficient (Wildman–Crippen LogP) is 1.04. The molecular weight excluding hydrogens is 110 g/mol. The summed E-state index contributed by atoms with van der Waals surface area (Å²) in [4.78, 5) is 0. The molecule has 0 fully saturated rings. The highest BCUT2D eigenvalue weighted by atomic mass is 32.2. The molecule has 0 bridgehead atoms. The second-order valence-corrected chi connectivity index (χ2v) is 0.963. The first-order valence-corrected chi connectivity index (χ1v) is 1.92. The van der Waals surface area contributed by atoms with E-state index in [2.05, 4.69) is 4.36 Å². The molecule has 0 saturated heterocycles.